The fourth-order valence-corrected chi connectivity index (χ4v) is 2.39. The Balaban J connectivity index is 2.23. The Morgan fingerprint density at radius 2 is 2.24 bits per heavy atom. The molecule has 0 aromatic carbocycles. The van der Waals surface area contributed by atoms with Gasteiger partial charge < -0.3 is 10.6 Å². The number of nitrogens with zero attached hydrogens (tertiary/aromatic N) is 4. The first-order valence-corrected chi connectivity index (χ1v) is 6.22. The summed E-state index contributed by atoms with van der Waals surface area (Å²) in [6.45, 7) is 2.68. The predicted molar refractivity (Wildman–Crippen MR) is 70.4 cm³/mol. The fourth-order valence-electron chi connectivity index (χ4n) is 1.44. The number of aryl methyl sites for hydroxylation is 1. The smallest absolute Gasteiger partial charge is 0.224 e. The third-order valence-electron chi connectivity index (χ3n) is 2.35. The lowest BCUT2D eigenvalue weighted by atomic mass is 10.3. The zero-order valence-corrected chi connectivity index (χ0v) is 11.1. The van der Waals surface area contributed by atoms with Crippen LogP contribution in [0.5, 0.6) is 0 Å². The van der Waals surface area contributed by atoms with Gasteiger partial charge >= 0.3 is 0 Å². The van der Waals surface area contributed by atoms with Crippen LogP contribution in [0.4, 0.5) is 11.5 Å². The Morgan fingerprint density at radius 1 is 1.47 bits per heavy atom. The SMILES string of the molecule is Cc1ncsc1CN(C)c1nc(Cl)ncc1N. The van der Waals surface area contributed by atoms with Gasteiger partial charge in [-0.2, -0.15) is 4.98 Å². The molecule has 0 amide bonds. The molecule has 0 unspecified atom stereocenters. The summed E-state index contributed by atoms with van der Waals surface area (Å²) in [5.74, 6) is 0.637. The quantitative estimate of drug-likeness (QED) is 0.865. The van der Waals surface area contributed by atoms with E-state index < -0.39 is 0 Å². The van der Waals surface area contributed by atoms with Crippen LogP contribution in [0.15, 0.2) is 11.7 Å². The number of halogens is 1. The number of nitrogen functional groups attached to an aromatic ring is 1. The van der Waals surface area contributed by atoms with E-state index in [9.17, 15) is 0 Å². The molecule has 17 heavy (non-hydrogen) atoms. The number of rotatable bonds is 3. The van der Waals surface area contributed by atoms with Crippen molar-refractivity contribution in [1.29, 1.82) is 0 Å². The maximum atomic E-state index is 5.82. The second-order valence-corrected chi connectivity index (χ2v) is 4.91. The Bertz CT molecular complexity index is 527. The molecule has 2 heterocycles. The van der Waals surface area contributed by atoms with E-state index in [1.807, 2.05) is 24.4 Å². The van der Waals surface area contributed by atoms with Crippen LogP contribution in [0.2, 0.25) is 5.28 Å². The highest BCUT2D eigenvalue weighted by Gasteiger charge is 2.11. The van der Waals surface area contributed by atoms with Crippen molar-refractivity contribution in [2.24, 2.45) is 0 Å². The lowest BCUT2D eigenvalue weighted by Gasteiger charge is -2.18. The van der Waals surface area contributed by atoms with Gasteiger partial charge in [0.25, 0.3) is 0 Å². The van der Waals surface area contributed by atoms with Gasteiger partial charge in [-0.15, -0.1) is 11.3 Å². The first-order chi connectivity index (χ1) is 8.08. The maximum Gasteiger partial charge on any atom is 0.224 e. The monoisotopic (exact) mass is 269 g/mol. The lowest BCUT2D eigenvalue weighted by molar-refractivity contribution is 0.897. The van der Waals surface area contributed by atoms with Crippen molar-refractivity contribution in [2.75, 3.05) is 17.7 Å². The molecule has 0 aliphatic rings. The number of hydrogen-bond acceptors (Lipinski definition) is 6. The molecular formula is C10H12ClN5S. The van der Waals surface area contributed by atoms with Gasteiger partial charge in [-0.3, -0.25) is 0 Å². The van der Waals surface area contributed by atoms with Crippen molar-refractivity contribution < 1.29 is 0 Å². The highest BCUT2D eigenvalue weighted by molar-refractivity contribution is 7.09. The topological polar surface area (TPSA) is 67.9 Å². The van der Waals surface area contributed by atoms with E-state index in [-0.39, 0.29) is 5.28 Å². The van der Waals surface area contributed by atoms with Gasteiger partial charge in [-0.1, -0.05) is 0 Å². The highest BCUT2D eigenvalue weighted by Crippen LogP contribution is 2.23. The van der Waals surface area contributed by atoms with Gasteiger partial charge in [0, 0.05) is 11.9 Å². The Kier molecular flexibility index (Phi) is 3.44. The summed E-state index contributed by atoms with van der Waals surface area (Å²) >= 11 is 7.37. The summed E-state index contributed by atoms with van der Waals surface area (Å²) in [5.41, 5.74) is 9.19. The van der Waals surface area contributed by atoms with Crippen LogP contribution in [-0.2, 0) is 6.54 Å². The minimum Gasteiger partial charge on any atom is -0.394 e. The Labute approximate surface area is 108 Å². The first-order valence-electron chi connectivity index (χ1n) is 4.96. The number of hydrogen-bond donors (Lipinski definition) is 1. The van der Waals surface area contributed by atoms with Gasteiger partial charge in [0.05, 0.1) is 29.6 Å². The molecule has 0 aliphatic carbocycles. The molecule has 0 saturated carbocycles. The maximum absolute atomic E-state index is 5.82. The molecular weight excluding hydrogens is 258 g/mol. The van der Waals surface area contributed by atoms with E-state index in [1.165, 1.54) is 11.1 Å². The summed E-state index contributed by atoms with van der Waals surface area (Å²) in [6.07, 6.45) is 1.51. The van der Waals surface area contributed by atoms with Gasteiger partial charge in [0.2, 0.25) is 5.28 Å². The van der Waals surface area contributed by atoms with Gasteiger partial charge in [0.1, 0.15) is 0 Å². The summed E-state index contributed by atoms with van der Waals surface area (Å²) in [5, 5.41) is 0.196. The molecule has 5 nitrogen and oxygen atoms in total. The number of nitrogens with two attached hydrogens (primary N) is 1. The zero-order chi connectivity index (χ0) is 12.4. The minimum atomic E-state index is 0.196. The molecule has 7 heteroatoms. The highest BCUT2D eigenvalue weighted by atomic mass is 35.5. The average Bonchev–Trinajstić information content (AvgIpc) is 2.68. The van der Waals surface area contributed by atoms with E-state index in [2.05, 4.69) is 15.0 Å². The van der Waals surface area contributed by atoms with Crippen molar-refractivity contribution in [3.8, 4) is 0 Å². The zero-order valence-electron chi connectivity index (χ0n) is 9.51. The summed E-state index contributed by atoms with van der Waals surface area (Å²) in [7, 11) is 1.91. The minimum absolute atomic E-state index is 0.196. The van der Waals surface area contributed by atoms with Gasteiger partial charge in [-0.25, -0.2) is 9.97 Å². The molecule has 2 N–H and O–H groups in total. The van der Waals surface area contributed by atoms with Crippen molar-refractivity contribution in [1.82, 2.24) is 15.0 Å². The van der Waals surface area contributed by atoms with Crippen LogP contribution in [0.1, 0.15) is 10.6 Å². The van der Waals surface area contributed by atoms with Gasteiger partial charge in [-0.05, 0) is 18.5 Å². The predicted octanol–water partition coefficient (Wildman–Crippen LogP) is 2.11. The second kappa shape index (κ2) is 4.85. The van der Waals surface area contributed by atoms with E-state index in [0.29, 0.717) is 18.1 Å². The van der Waals surface area contributed by atoms with Crippen molar-refractivity contribution in [3.63, 3.8) is 0 Å². The third kappa shape index (κ3) is 2.65. The number of aromatic nitrogens is 3. The van der Waals surface area contributed by atoms with Crippen LogP contribution in [-0.4, -0.2) is 22.0 Å². The van der Waals surface area contributed by atoms with Crippen molar-refractivity contribution in [3.05, 3.63) is 27.6 Å². The van der Waals surface area contributed by atoms with Crippen LogP contribution >= 0.6 is 22.9 Å². The average molecular weight is 270 g/mol. The van der Waals surface area contributed by atoms with Crippen LogP contribution in [0.3, 0.4) is 0 Å². The lowest BCUT2D eigenvalue weighted by Crippen LogP contribution is -2.19. The normalized spacial score (nSPS) is 10.5. The first kappa shape index (κ1) is 12.1. The fraction of sp³-hybridized carbons (Fsp3) is 0.300. The molecule has 0 spiro atoms. The second-order valence-electron chi connectivity index (χ2n) is 3.63. The Hall–Kier alpha value is -1.40. The molecule has 90 valence electrons. The van der Waals surface area contributed by atoms with Crippen molar-refractivity contribution >= 4 is 34.4 Å². The summed E-state index contributed by atoms with van der Waals surface area (Å²) < 4.78 is 0. The number of thiazole rings is 1. The van der Waals surface area contributed by atoms with Crippen LogP contribution < -0.4 is 10.6 Å². The molecule has 0 radical (unpaired) electrons. The largest absolute Gasteiger partial charge is 0.394 e. The molecule has 0 saturated heterocycles. The molecule has 0 atom stereocenters. The van der Waals surface area contributed by atoms with Crippen molar-refractivity contribution in [2.45, 2.75) is 13.5 Å². The third-order valence-corrected chi connectivity index (χ3v) is 3.46. The standard InChI is InChI=1S/C10H12ClN5S/c1-6-8(17-5-14-6)4-16(2)9-7(12)3-13-10(11)15-9/h3,5H,4,12H2,1-2H3. The molecule has 2 rings (SSSR count). The Morgan fingerprint density at radius 3 is 2.88 bits per heavy atom. The van der Waals surface area contributed by atoms with Crippen LogP contribution in [0.25, 0.3) is 0 Å². The van der Waals surface area contributed by atoms with E-state index >= 15 is 0 Å². The summed E-state index contributed by atoms with van der Waals surface area (Å²) in [6, 6.07) is 0. The van der Waals surface area contributed by atoms with Gasteiger partial charge in [0.15, 0.2) is 5.82 Å². The van der Waals surface area contributed by atoms with Crippen LogP contribution in [0, 0.1) is 6.92 Å². The molecule has 2 aromatic rings. The van der Waals surface area contributed by atoms with E-state index in [0.717, 1.165) is 5.69 Å². The van der Waals surface area contributed by atoms with E-state index in [4.69, 9.17) is 17.3 Å². The molecule has 0 bridgehead atoms. The molecule has 2 aromatic heterocycles. The summed E-state index contributed by atoms with van der Waals surface area (Å²) in [4.78, 5) is 15.3. The molecule has 0 aliphatic heterocycles. The molecule has 0 fully saturated rings. The number of anilines is 2. The van der Waals surface area contributed by atoms with E-state index in [1.54, 1.807) is 11.3 Å².